The van der Waals surface area contributed by atoms with Gasteiger partial charge in [-0.2, -0.15) is 0 Å². The number of rotatable bonds is 11. The van der Waals surface area contributed by atoms with Crippen molar-refractivity contribution in [1.29, 1.82) is 0 Å². The number of aromatic nitrogens is 1. The van der Waals surface area contributed by atoms with Crippen molar-refractivity contribution < 1.29 is 9.53 Å². The molecule has 34 heavy (non-hydrogen) atoms. The average molecular weight is 456 g/mol. The third-order valence-corrected chi connectivity index (χ3v) is 5.40. The molecule has 0 aliphatic heterocycles. The van der Waals surface area contributed by atoms with Gasteiger partial charge in [0.2, 0.25) is 5.91 Å². The number of nitrogens with one attached hydrogen (secondary N) is 1. The second-order valence-electron chi connectivity index (χ2n) is 8.02. The monoisotopic (exact) mass is 455 g/mol. The molecule has 0 aliphatic rings. The van der Waals surface area contributed by atoms with E-state index in [9.17, 15) is 4.79 Å². The highest BCUT2D eigenvalue weighted by Gasteiger charge is 2.13. The van der Waals surface area contributed by atoms with Crippen molar-refractivity contribution in [2.24, 2.45) is 0 Å². The van der Waals surface area contributed by atoms with Crippen LogP contribution in [0.5, 0.6) is 5.75 Å². The zero-order chi connectivity index (χ0) is 24.2. The predicted molar refractivity (Wildman–Crippen MR) is 140 cm³/mol. The van der Waals surface area contributed by atoms with Crippen molar-refractivity contribution in [3.05, 3.63) is 108 Å². The van der Waals surface area contributed by atoms with E-state index in [4.69, 9.17) is 4.74 Å². The molecule has 0 saturated heterocycles. The lowest BCUT2D eigenvalue weighted by Gasteiger charge is -2.16. The van der Waals surface area contributed by atoms with E-state index in [1.165, 1.54) is 16.7 Å². The van der Waals surface area contributed by atoms with Crippen LogP contribution in [0, 0.1) is 0 Å². The summed E-state index contributed by atoms with van der Waals surface area (Å²) in [5.41, 5.74) is 6.03. The summed E-state index contributed by atoms with van der Waals surface area (Å²) >= 11 is 0. The number of likely N-dealkylation sites (N-methyl/N-ethyl adjacent to an activating group) is 1. The van der Waals surface area contributed by atoms with Crippen LogP contribution in [-0.4, -0.2) is 49.6 Å². The molecular weight excluding hydrogens is 422 g/mol. The Bertz CT molecular complexity index is 1090. The van der Waals surface area contributed by atoms with Crippen molar-refractivity contribution in [1.82, 2.24) is 15.2 Å². The van der Waals surface area contributed by atoms with Crippen LogP contribution < -0.4 is 10.1 Å². The first-order valence-electron chi connectivity index (χ1n) is 11.6. The van der Waals surface area contributed by atoms with Gasteiger partial charge < -0.3 is 15.0 Å². The third kappa shape index (κ3) is 7.15. The standard InChI is InChI=1S/C29H33N3O2/c1-4-27(23-9-6-5-7-10-23)29(25-16-19-31-20-17-25)24-12-14-26(15-13-24)34-22-21-30-18-8-11-28(33)32(2)3/h5-17,19-20,30H,4,18,21-22H2,1-3H3/b11-8+,29-27+. The molecular formula is C29H33N3O2. The van der Waals surface area contributed by atoms with Gasteiger partial charge in [-0.15, -0.1) is 0 Å². The summed E-state index contributed by atoms with van der Waals surface area (Å²) in [6.45, 7) is 4.06. The number of hydrogen-bond acceptors (Lipinski definition) is 4. The quantitative estimate of drug-likeness (QED) is 0.249. The molecule has 0 saturated carbocycles. The zero-order valence-electron chi connectivity index (χ0n) is 20.2. The lowest BCUT2D eigenvalue weighted by Crippen LogP contribution is -2.22. The first kappa shape index (κ1) is 24.9. The van der Waals surface area contributed by atoms with Gasteiger partial charge in [0.25, 0.3) is 0 Å². The molecule has 3 rings (SSSR count). The summed E-state index contributed by atoms with van der Waals surface area (Å²) in [7, 11) is 3.47. The SMILES string of the molecule is CC/C(=C(\c1ccncc1)c1ccc(OCCNC/C=C/C(=O)N(C)C)cc1)c1ccccc1. The highest BCUT2D eigenvalue weighted by atomic mass is 16.5. The number of hydrogen-bond donors (Lipinski definition) is 1. The smallest absolute Gasteiger partial charge is 0.245 e. The fraction of sp³-hybridized carbons (Fsp3) is 0.241. The molecule has 1 aromatic heterocycles. The van der Waals surface area contributed by atoms with Crippen LogP contribution in [0.1, 0.15) is 30.0 Å². The number of nitrogens with zero attached hydrogens (tertiary/aromatic N) is 2. The minimum absolute atomic E-state index is 0.0168. The molecule has 0 bridgehead atoms. The molecule has 176 valence electrons. The topological polar surface area (TPSA) is 54.5 Å². The normalized spacial score (nSPS) is 11.9. The summed E-state index contributed by atoms with van der Waals surface area (Å²) in [6, 6.07) is 22.9. The van der Waals surface area contributed by atoms with Crippen molar-refractivity contribution in [2.45, 2.75) is 13.3 Å². The van der Waals surface area contributed by atoms with E-state index in [0.717, 1.165) is 23.3 Å². The highest BCUT2D eigenvalue weighted by molar-refractivity contribution is 5.98. The van der Waals surface area contributed by atoms with Crippen LogP contribution in [0.25, 0.3) is 11.1 Å². The summed E-state index contributed by atoms with van der Waals surface area (Å²) in [5, 5.41) is 3.25. The molecule has 0 radical (unpaired) electrons. The highest BCUT2D eigenvalue weighted by Crippen LogP contribution is 2.34. The van der Waals surface area contributed by atoms with E-state index in [0.29, 0.717) is 19.7 Å². The first-order valence-corrected chi connectivity index (χ1v) is 11.6. The molecule has 1 heterocycles. The van der Waals surface area contributed by atoms with Gasteiger partial charge in [-0.1, -0.05) is 55.5 Å². The van der Waals surface area contributed by atoms with E-state index >= 15 is 0 Å². The molecule has 0 atom stereocenters. The number of carbonyl (C=O) groups is 1. The zero-order valence-corrected chi connectivity index (χ0v) is 20.2. The van der Waals surface area contributed by atoms with Crippen LogP contribution in [0.4, 0.5) is 0 Å². The Labute approximate surface area is 202 Å². The molecule has 3 aromatic rings. The minimum Gasteiger partial charge on any atom is -0.492 e. The van der Waals surface area contributed by atoms with E-state index in [1.54, 1.807) is 25.1 Å². The summed E-state index contributed by atoms with van der Waals surface area (Å²) in [4.78, 5) is 17.2. The maximum atomic E-state index is 11.5. The molecule has 2 aromatic carbocycles. The minimum atomic E-state index is -0.0168. The van der Waals surface area contributed by atoms with Gasteiger partial charge in [0.1, 0.15) is 12.4 Å². The molecule has 5 heteroatoms. The molecule has 1 amide bonds. The van der Waals surface area contributed by atoms with Crippen molar-refractivity contribution in [3.63, 3.8) is 0 Å². The summed E-state index contributed by atoms with van der Waals surface area (Å²) in [6.07, 6.45) is 7.98. The maximum absolute atomic E-state index is 11.5. The number of pyridine rings is 1. The molecule has 5 nitrogen and oxygen atoms in total. The van der Waals surface area contributed by atoms with Crippen LogP contribution in [-0.2, 0) is 4.79 Å². The van der Waals surface area contributed by atoms with Crippen LogP contribution in [0.15, 0.2) is 91.3 Å². The van der Waals surface area contributed by atoms with Crippen LogP contribution in [0.3, 0.4) is 0 Å². The molecule has 0 aliphatic carbocycles. The second-order valence-corrected chi connectivity index (χ2v) is 8.02. The lowest BCUT2D eigenvalue weighted by atomic mass is 9.88. The van der Waals surface area contributed by atoms with Crippen LogP contribution in [0.2, 0.25) is 0 Å². The van der Waals surface area contributed by atoms with Crippen LogP contribution >= 0.6 is 0 Å². The second kappa shape index (κ2) is 13.1. The molecule has 0 spiro atoms. The van der Waals surface area contributed by atoms with Crippen molar-refractivity contribution in [2.75, 3.05) is 33.8 Å². The largest absolute Gasteiger partial charge is 0.492 e. The van der Waals surface area contributed by atoms with Crippen molar-refractivity contribution in [3.8, 4) is 5.75 Å². The van der Waals surface area contributed by atoms with Gasteiger partial charge in [-0.25, -0.2) is 0 Å². The molecule has 0 unspecified atom stereocenters. The third-order valence-electron chi connectivity index (χ3n) is 5.40. The Balaban J connectivity index is 1.68. The van der Waals surface area contributed by atoms with Gasteiger partial charge in [0, 0.05) is 45.7 Å². The van der Waals surface area contributed by atoms with Gasteiger partial charge >= 0.3 is 0 Å². The van der Waals surface area contributed by atoms with Gasteiger partial charge in [0.05, 0.1) is 0 Å². The Morgan fingerprint density at radius 3 is 2.26 bits per heavy atom. The van der Waals surface area contributed by atoms with E-state index in [2.05, 4.69) is 65.8 Å². The lowest BCUT2D eigenvalue weighted by molar-refractivity contribution is -0.123. The van der Waals surface area contributed by atoms with Gasteiger partial charge in [0.15, 0.2) is 0 Å². The summed E-state index contributed by atoms with van der Waals surface area (Å²) in [5.74, 6) is 0.813. The number of benzene rings is 2. The van der Waals surface area contributed by atoms with E-state index in [-0.39, 0.29) is 5.91 Å². The van der Waals surface area contributed by atoms with E-state index in [1.807, 2.05) is 36.7 Å². The van der Waals surface area contributed by atoms with Crippen molar-refractivity contribution >= 4 is 17.1 Å². The maximum Gasteiger partial charge on any atom is 0.245 e. The fourth-order valence-electron chi connectivity index (χ4n) is 3.65. The Hall–Kier alpha value is -3.70. The Kier molecular flexibility index (Phi) is 9.62. The Morgan fingerprint density at radius 1 is 0.941 bits per heavy atom. The fourth-order valence-corrected chi connectivity index (χ4v) is 3.65. The number of carbonyl (C=O) groups excluding carboxylic acids is 1. The molecule has 1 N–H and O–H groups in total. The molecule has 0 fully saturated rings. The Morgan fingerprint density at radius 2 is 1.62 bits per heavy atom. The average Bonchev–Trinajstić information content (AvgIpc) is 2.88. The number of amides is 1. The van der Waals surface area contributed by atoms with E-state index < -0.39 is 0 Å². The predicted octanol–water partition coefficient (Wildman–Crippen LogP) is 5.06. The first-order chi connectivity index (χ1) is 16.6. The van der Waals surface area contributed by atoms with Gasteiger partial charge in [-0.3, -0.25) is 9.78 Å². The summed E-state index contributed by atoms with van der Waals surface area (Å²) < 4.78 is 5.90. The van der Waals surface area contributed by atoms with Gasteiger partial charge in [-0.05, 0) is 58.5 Å². The number of allylic oxidation sites excluding steroid dienone is 1. The number of ether oxygens (including phenoxy) is 1.